The summed E-state index contributed by atoms with van der Waals surface area (Å²) in [6, 6.07) is 6.54. The summed E-state index contributed by atoms with van der Waals surface area (Å²) >= 11 is 0. The van der Waals surface area contributed by atoms with Gasteiger partial charge in [-0.2, -0.15) is 0 Å². The van der Waals surface area contributed by atoms with Crippen LogP contribution in [0.25, 0.3) is 0 Å². The normalized spacial score (nSPS) is 10.1. The first-order valence-corrected chi connectivity index (χ1v) is 7.24. The molecule has 0 atom stereocenters. The predicted octanol–water partition coefficient (Wildman–Crippen LogP) is 1.38. The van der Waals surface area contributed by atoms with Crippen LogP contribution in [0, 0.1) is 11.8 Å². The Bertz CT molecular complexity index is 680. The minimum atomic E-state index is -1.13. The smallest absolute Gasteiger partial charge is 0.408 e. The summed E-state index contributed by atoms with van der Waals surface area (Å²) in [7, 11) is 0. The number of carbonyl (C=O) groups excluding carboxylic acids is 2. The van der Waals surface area contributed by atoms with Gasteiger partial charge in [-0.05, 0) is 32.9 Å². The Morgan fingerprint density at radius 1 is 1.17 bits per heavy atom. The van der Waals surface area contributed by atoms with Crippen molar-refractivity contribution >= 4 is 18.0 Å². The van der Waals surface area contributed by atoms with Crippen molar-refractivity contribution in [3.63, 3.8) is 0 Å². The average Bonchev–Trinajstić information content (AvgIpc) is 2.48. The summed E-state index contributed by atoms with van der Waals surface area (Å²) in [5.74, 6) is 3.84. The fourth-order valence-electron chi connectivity index (χ4n) is 1.61. The summed E-state index contributed by atoms with van der Waals surface area (Å²) in [5, 5.41) is 13.4. The highest BCUT2D eigenvalue weighted by Crippen LogP contribution is 2.07. The van der Waals surface area contributed by atoms with Crippen molar-refractivity contribution in [2.45, 2.75) is 26.4 Å². The second-order valence-corrected chi connectivity index (χ2v) is 5.78. The van der Waals surface area contributed by atoms with Crippen molar-refractivity contribution in [2.75, 3.05) is 13.1 Å². The zero-order chi connectivity index (χ0) is 18.2. The number of amides is 2. The zero-order valence-corrected chi connectivity index (χ0v) is 13.8. The first kappa shape index (κ1) is 19.0. The molecule has 1 rings (SSSR count). The number of alkyl carbamates (subject to hydrolysis) is 1. The standard InChI is InChI=1S/C17H20N2O5/c1-17(2,3)24-16(23)18-10-6-8-12-7-4-5-9-13(12)15(22)19-11-14(20)21/h4-5,7,9H,10-11H2,1-3H3,(H,18,23)(H,19,22)(H,20,21). The number of aliphatic carboxylic acids is 1. The lowest BCUT2D eigenvalue weighted by atomic mass is 10.1. The molecular weight excluding hydrogens is 312 g/mol. The molecule has 0 heterocycles. The first-order chi connectivity index (χ1) is 11.2. The molecule has 0 radical (unpaired) electrons. The monoisotopic (exact) mass is 332 g/mol. The molecule has 7 heteroatoms. The molecule has 0 fully saturated rings. The summed E-state index contributed by atoms with van der Waals surface area (Å²) in [6.45, 7) is 4.85. The maximum absolute atomic E-state index is 11.9. The third kappa shape index (κ3) is 7.31. The van der Waals surface area contributed by atoms with Crippen LogP contribution in [0.3, 0.4) is 0 Å². The molecule has 0 aliphatic carbocycles. The molecule has 0 saturated carbocycles. The highest BCUT2D eigenvalue weighted by atomic mass is 16.6. The van der Waals surface area contributed by atoms with Crippen LogP contribution < -0.4 is 10.6 Å². The summed E-state index contributed by atoms with van der Waals surface area (Å²) < 4.78 is 5.07. The second kappa shape index (κ2) is 8.58. The Labute approximate surface area is 140 Å². The molecular formula is C17H20N2O5. The van der Waals surface area contributed by atoms with Crippen LogP contribution in [0.4, 0.5) is 4.79 Å². The Balaban J connectivity index is 2.68. The number of carboxylic acids is 1. The van der Waals surface area contributed by atoms with Gasteiger partial charge in [0.1, 0.15) is 12.1 Å². The highest BCUT2D eigenvalue weighted by molar-refractivity contribution is 5.98. The SMILES string of the molecule is CC(C)(C)OC(=O)NCC#Cc1ccccc1C(=O)NCC(=O)O. The number of carbonyl (C=O) groups is 3. The van der Waals surface area contributed by atoms with Crippen LogP contribution in [0.1, 0.15) is 36.7 Å². The van der Waals surface area contributed by atoms with E-state index in [-0.39, 0.29) is 12.1 Å². The Morgan fingerprint density at radius 2 is 1.83 bits per heavy atom. The van der Waals surface area contributed by atoms with E-state index in [1.165, 1.54) is 0 Å². The molecule has 0 unspecified atom stereocenters. The fraction of sp³-hybridized carbons (Fsp3) is 0.353. The van der Waals surface area contributed by atoms with E-state index in [4.69, 9.17) is 9.84 Å². The third-order valence-corrected chi connectivity index (χ3v) is 2.51. The van der Waals surface area contributed by atoms with Crippen LogP contribution in [0.15, 0.2) is 24.3 Å². The predicted molar refractivity (Wildman–Crippen MR) is 87.5 cm³/mol. The minimum Gasteiger partial charge on any atom is -0.480 e. The molecule has 3 N–H and O–H groups in total. The number of hydrogen-bond acceptors (Lipinski definition) is 4. The summed E-state index contributed by atoms with van der Waals surface area (Å²) in [6.07, 6.45) is -0.579. The Morgan fingerprint density at radius 3 is 2.46 bits per heavy atom. The van der Waals surface area contributed by atoms with Crippen molar-refractivity contribution in [1.29, 1.82) is 0 Å². The van der Waals surface area contributed by atoms with Gasteiger partial charge in [-0.1, -0.05) is 24.0 Å². The van der Waals surface area contributed by atoms with Gasteiger partial charge >= 0.3 is 12.1 Å². The van der Waals surface area contributed by atoms with E-state index in [2.05, 4.69) is 22.5 Å². The van der Waals surface area contributed by atoms with Crippen LogP contribution >= 0.6 is 0 Å². The molecule has 0 aromatic heterocycles. The Hall–Kier alpha value is -3.01. The van der Waals surface area contributed by atoms with Crippen LogP contribution in [-0.2, 0) is 9.53 Å². The highest BCUT2D eigenvalue weighted by Gasteiger charge is 2.15. The number of nitrogens with one attached hydrogen (secondary N) is 2. The van der Waals surface area contributed by atoms with E-state index in [0.29, 0.717) is 5.56 Å². The molecule has 1 aromatic carbocycles. The number of hydrogen-bond donors (Lipinski definition) is 3. The van der Waals surface area contributed by atoms with Gasteiger partial charge < -0.3 is 20.5 Å². The number of ether oxygens (including phenoxy) is 1. The fourth-order valence-corrected chi connectivity index (χ4v) is 1.61. The van der Waals surface area contributed by atoms with E-state index >= 15 is 0 Å². The first-order valence-electron chi connectivity index (χ1n) is 7.24. The van der Waals surface area contributed by atoms with Gasteiger partial charge in [-0.3, -0.25) is 9.59 Å². The maximum Gasteiger partial charge on any atom is 0.408 e. The summed E-state index contributed by atoms with van der Waals surface area (Å²) in [4.78, 5) is 33.9. The van der Waals surface area contributed by atoms with Crippen molar-refractivity contribution in [1.82, 2.24) is 10.6 Å². The molecule has 0 saturated heterocycles. The largest absolute Gasteiger partial charge is 0.480 e. The van der Waals surface area contributed by atoms with Crippen molar-refractivity contribution in [3.05, 3.63) is 35.4 Å². The number of carboxylic acid groups (broad SMARTS) is 1. The number of rotatable bonds is 4. The lowest BCUT2D eigenvalue weighted by Gasteiger charge is -2.19. The third-order valence-electron chi connectivity index (χ3n) is 2.51. The van der Waals surface area contributed by atoms with E-state index in [1.54, 1.807) is 45.0 Å². The summed E-state index contributed by atoms with van der Waals surface area (Å²) in [5.41, 5.74) is 0.113. The van der Waals surface area contributed by atoms with E-state index in [1.807, 2.05) is 0 Å². The molecule has 0 aliphatic heterocycles. The minimum absolute atomic E-state index is 0.0555. The van der Waals surface area contributed by atoms with E-state index in [9.17, 15) is 14.4 Å². The lowest BCUT2D eigenvalue weighted by molar-refractivity contribution is -0.135. The Kier molecular flexibility index (Phi) is 6.80. The lowest BCUT2D eigenvalue weighted by Crippen LogP contribution is -2.32. The molecule has 0 spiro atoms. The van der Waals surface area contributed by atoms with Gasteiger partial charge in [0.2, 0.25) is 0 Å². The van der Waals surface area contributed by atoms with Crippen molar-refractivity contribution < 1.29 is 24.2 Å². The van der Waals surface area contributed by atoms with Gasteiger partial charge in [0.05, 0.1) is 12.1 Å². The zero-order valence-electron chi connectivity index (χ0n) is 13.8. The molecule has 1 aromatic rings. The van der Waals surface area contributed by atoms with Gasteiger partial charge in [0.25, 0.3) is 5.91 Å². The van der Waals surface area contributed by atoms with Gasteiger partial charge in [0, 0.05) is 5.56 Å². The average molecular weight is 332 g/mol. The van der Waals surface area contributed by atoms with Crippen LogP contribution in [0.5, 0.6) is 0 Å². The van der Waals surface area contributed by atoms with Gasteiger partial charge in [-0.25, -0.2) is 4.79 Å². The maximum atomic E-state index is 11.9. The molecule has 0 bridgehead atoms. The molecule has 24 heavy (non-hydrogen) atoms. The van der Waals surface area contributed by atoms with Gasteiger partial charge in [-0.15, -0.1) is 0 Å². The molecule has 7 nitrogen and oxygen atoms in total. The topological polar surface area (TPSA) is 105 Å². The van der Waals surface area contributed by atoms with E-state index < -0.39 is 30.1 Å². The van der Waals surface area contributed by atoms with Crippen molar-refractivity contribution in [3.8, 4) is 11.8 Å². The van der Waals surface area contributed by atoms with Crippen LogP contribution in [-0.4, -0.2) is 41.8 Å². The molecule has 2 amide bonds. The van der Waals surface area contributed by atoms with Gasteiger partial charge in [0.15, 0.2) is 0 Å². The van der Waals surface area contributed by atoms with Crippen molar-refractivity contribution in [2.24, 2.45) is 0 Å². The van der Waals surface area contributed by atoms with E-state index in [0.717, 1.165) is 0 Å². The van der Waals surface area contributed by atoms with Crippen LogP contribution in [0.2, 0.25) is 0 Å². The quantitative estimate of drug-likeness (QED) is 0.723. The number of benzene rings is 1. The second-order valence-electron chi connectivity index (χ2n) is 5.78. The molecule has 0 aliphatic rings. The molecule has 128 valence electrons.